The molecule has 0 bridgehead atoms. The van der Waals surface area contributed by atoms with Gasteiger partial charge in [0.05, 0.1) is 7.11 Å². The Balaban J connectivity index is 2.83. The zero-order valence-corrected chi connectivity index (χ0v) is 8.99. The van der Waals surface area contributed by atoms with Crippen LogP contribution in [0.25, 0.3) is 6.08 Å². The van der Waals surface area contributed by atoms with Crippen LogP contribution in [0.2, 0.25) is 0 Å². The first-order chi connectivity index (χ1) is 7.27. The van der Waals surface area contributed by atoms with Gasteiger partial charge in [0.25, 0.3) is 0 Å². The SMILES string of the molecule is CCNc1ccccc1/C=C/C(=O)OC. The summed E-state index contributed by atoms with van der Waals surface area (Å²) in [7, 11) is 1.36. The van der Waals surface area contributed by atoms with Crippen LogP contribution in [-0.4, -0.2) is 19.6 Å². The van der Waals surface area contributed by atoms with Gasteiger partial charge in [-0.25, -0.2) is 4.79 Å². The normalized spacial score (nSPS) is 10.3. The van der Waals surface area contributed by atoms with Gasteiger partial charge in [-0.2, -0.15) is 0 Å². The predicted molar refractivity (Wildman–Crippen MR) is 61.7 cm³/mol. The van der Waals surface area contributed by atoms with E-state index in [4.69, 9.17) is 0 Å². The molecule has 0 radical (unpaired) electrons. The monoisotopic (exact) mass is 205 g/mol. The molecule has 0 spiro atoms. The minimum Gasteiger partial charge on any atom is -0.466 e. The zero-order chi connectivity index (χ0) is 11.1. The van der Waals surface area contributed by atoms with E-state index in [1.807, 2.05) is 31.2 Å². The van der Waals surface area contributed by atoms with E-state index in [2.05, 4.69) is 10.1 Å². The highest BCUT2D eigenvalue weighted by Gasteiger charge is 1.97. The van der Waals surface area contributed by atoms with E-state index in [0.29, 0.717) is 0 Å². The summed E-state index contributed by atoms with van der Waals surface area (Å²) >= 11 is 0. The molecule has 1 rings (SSSR count). The number of carbonyl (C=O) groups is 1. The zero-order valence-electron chi connectivity index (χ0n) is 8.99. The van der Waals surface area contributed by atoms with E-state index in [1.54, 1.807) is 6.08 Å². The van der Waals surface area contributed by atoms with Crippen LogP contribution in [0.15, 0.2) is 30.3 Å². The molecule has 0 fully saturated rings. The van der Waals surface area contributed by atoms with Crippen molar-refractivity contribution in [1.82, 2.24) is 0 Å². The first-order valence-electron chi connectivity index (χ1n) is 4.87. The summed E-state index contributed by atoms with van der Waals surface area (Å²) in [5.74, 6) is -0.346. The first kappa shape index (κ1) is 11.3. The van der Waals surface area contributed by atoms with Crippen LogP contribution in [0.3, 0.4) is 0 Å². The number of methoxy groups -OCH3 is 1. The Bertz CT molecular complexity index is 358. The van der Waals surface area contributed by atoms with Crippen LogP contribution in [0.5, 0.6) is 0 Å². The fraction of sp³-hybridized carbons (Fsp3) is 0.250. The number of rotatable bonds is 4. The Morgan fingerprint density at radius 1 is 1.47 bits per heavy atom. The van der Waals surface area contributed by atoms with Crippen molar-refractivity contribution >= 4 is 17.7 Å². The topological polar surface area (TPSA) is 38.3 Å². The molecule has 15 heavy (non-hydrogen) atoms. The van der Waals surface area contributed by atoms with Gasteiger partial charge in [0.2, 0.25) is 0 Å². The van der Waals surface area contributed by atoms with Crippen molar-refractivity contribution in [3.8, 4) is 0 Å². The number of hydrogen-bond donors (Lipinski definition) is 1. The van der Waals surface area contributed by atoms with Gasteiger partial charge in [0.15, 0.2) is 0 Å². The Labute approximate surface area is 89.8 Å². The van der Waals surface area contributed by atoms with E-state index in [0.717, 1.165) is 17.8 Å². The molecule has 0 saturated carbocycles. The van der Waals surface area contributed by atoms with Crippen LogP contribution in [0.1, 0.15) is 12.5 Å². The van der Waals surface area contributed by atoms with E-state index in [1.165, 1.54) is 13.2 Å². The number of nitrogens with one attached hydrogen (secondary N) is 1. The summed E-state index contributed by atoms with van der Waals surface area (Å²) in [4.78, 5) is 10.9. The molecule has 0 atom stereocenters. The summed E-state index contributed by atoms with van der Waals surface area (Å²) in [6.07, 6.45) is 3.15. The number of hydrogen-bond acceptors (Lipinski definition) is 3. The van der Waals surface area contributed by atoms with Crippen molar-refractivity contribution in [2.75, 3.05) is 19.0 Å². The minimum absolute atomic E-state index is 0.346. The van der Waals surface area contributed by atoms with E-state index in [-0.39, 0.29) is 5.97 Å². The second kappa shape index (κ2) is 5.86. The molecule has 0 amide bonds. The Morgan fingerprint density at radius 2 is 2.20 bits per heavy atom. The Kier molecular flexibility index (Phi) is 4.41. The third kappa shape index (κ3) is 3.46. The third-order valence-electron chi connectivity index (χ3n) is 1.93. The third-order valence-corrected chi connectivity index (χ3v) is 1.93. The standard InChI is InChI=1S/C12H15NO2/c1-3-13-11-7-5-4-6-10(11)8-9-12(14)15-2/h4-9,13H,3H2,1-2H3/b9-8+. The Morgan fingerprint density at radius 3 is 2.87 bits per heavy atom. The number of ether oxygens (including phenoxy) is 1. The van der Waals surface area contributed by atoms with Crippen LogP contribution < -0.4 is 5.32 Å². The number of esters is 1. The predicted octanol–water partition coefficient (Wildman–Crippen LogP) is 2.30. The molecule has 0 aliphatic heterocycles. The molecule has 0 heterocycles. The van der Waals surface area contributed by atoms with E-state index in [9.17, 15) is 4.79 Å². The molecule has 1 N–H and O–H groups in total. The lowest BCUT2D eigenvalue weighted by Crippen LogP contribution is -1.98. The molecule has 1 aromatic rings. The summed E-state index contributed by atoms with van der Waals surface area (Å²) < 4.78 is 4.53. The maximum Gasteiger partial charge on any atom is 0.330 e. The average Bonchev–Trinajstić information content (AvgIpc) is 2.28. The minimum atomic E-state index is -0.346. The van der Waals surface area contributed by atoms with Crippen molar-refractivity contribution in [1.29, 1.82) is 0 Å². The largest absolute Gasteiger partial charge is 0.466 e. The van der Waals surface area contributed by atoms with Crippen LogP contribution in [-0.2, 0) is 9.53 Å². The van der Waals surface area contributed by atoms with Crippen molar-refractivity contribution in [2.45, 2.75) is 6.92 Å². The summed E-state index contributed by atoms with van der Waals surface area (Å²) in [6, 6.07) is 7.79. The Hall–Kier alpha value is -1.77. The maximum absolute atomic E-state index is 10.9. The lowest BCUT2D eigenvalue weighted by molar-refractivity contribution is -0.134. The molecule has 0 unspecified atom stereocenters. The fourth-order valence-electron chi connectivity index (χ4n) is 1.22. The molecule has 3 heteroatoms. The second-order valence-corrected chi connectivity index (χ2v) is 2.97. The smallest absolute Gasteiger partial charge is 0.330 e. The van der Waals surface area contributed by atoms with Crippen molar-refractivity contribution in [3.63, 3.8) is 0 Å². The van der Waals surface area contributed by atoms with Gasteiger partial charge >= 0.3 is 5.97 Å². The molecule has 0 saturated heterocycles. The van der Waals surface area contributed by atoms with Gasteiger partial charge in [-0.05, 0) is 24.6 Å². The highest BCUT2D eigenvalue weighted by Crippen LogP contribution is 2.16. The van der Waals surface area contributed by atoms with Crippen molar-refractivity contribution in [3.05, 3.63) is 35.9 Å². The fourth-order valence-corrected chi connectivity index (χ4v) is 1.22. The van der Waals surface area contributed by atoms with E-state index >= 15 is 0 Å². The lowest BCUT2D eigenvalue weighted by atomic mass is 10.1. The van der Waals surface area contributed by atoms with Crippen LogP contribution >= 0.6 is 0 Å². The van der Waals surface area contributed by atoms with Gasteiger partial charge in [0, 0.05) is 18.3 Å². The van der Waals surface area contributed by atoms with Gasteiger partial charge in [0.1, 0.15) is 0 Å². The summed E-state index contributed by atoms with van der Waals surface area (Å²) in [5.41, 5.74) is 1.99. The summed E-state index contributed by atoms with van der Waals surface area (Å²) in [6.45, 7) is 2.88. The molecule has 0 aromatic heterocycles. The molecular formula is C12H15NO2. The van der Waals surface area contributed by atoms with Crippen LogP contribution in [0.4, 0.5) is 5.69 Å². The molecule has 0 aliphatic rings. The second-order valence-electron chi connectivity index (χ2n) is 2.97. The van der Waals surface area contributed by atoms with Crippen molar-refractivity contribution in [2.24, 2.45) is 0 Å². The molecule has 3 nitrogen and oxygen atoms in total. The number of benzene rings is 1. The average molecular weight is 205 g/mol. The van der Waals surface area contributed by atoms with E-state index < -0.39 is 0 Å². The molecular weight excluding hydrogens is 190 g/mol. The number of carbonyl (C=O) groups excluding carboxylic acids is 1. The number of anilines is 1. The van der Waals surface area contributed by atoms with Crippen LogP contribution in [0, 0.1) is 0 Å². The summed E-state index contributed by atoms with van der Waals surface area (Å²) in [5, 5.41) is 3.21. The number of para-hydroxylation sites is 1. The molecule has 1 aromatic carbocycles. The molecule has 80 valence electrons. The first-order valence-corrected chi connectivity index (χ1v) is 4.87. The van der Waals surface area contributed by atoms with Gasteiger partial charge in [-0.15, -0.1) is 0 Å². The van der Waals surface area contributed by atoms with Crippen molar-refractivity contribution < 1.29 is 9.53 Å². The highest BCUT2D eigenvalue weighted by molar-refractivity contribution is 5.88. The van der Waals surface area contributed by atoms with Gasteiger partial charge < -0.3 is 10.1 Å². The van der Waals surface area contributed by atoms with Gasteiger partial charge in [-0.1, -0.05) is 18.2 Å². The van der Waals surface area contributed by atoms with Gasteiger partial charge in [-0.3, -0.25) is 0 Å². The quantitative estimate of drug-likeness (QED) is 0.605. The molecule has 0 aliphatic carbocycles. The lowest BCUT2D eigenvalue weighted by Gasteiger charge is -2.06. The maximum atomic E-state index is 10.9. The highest BCUT2D eigenvalue weighted by atomic mass is 16.5.